The molecule has 128 valence electrons. The van der Waals surface area contributed by atoms with E-state index in [9.17, 15) is 14.9 Å². The Hall–Kier alpha value is -3.47. The molecule has 1 aliphatic rings. The summed E-state index contributed by atoms with van der Waals surface area (Å²) in [5, 5.41) is 12.3. The van der Waals surface area contributed by atoms with E-state index in [-0.39, 0.29) is 22.9 Å². The minimum absolute atomic E-state index is 0.0650. The molecule has 3 rings (SSSR count). The third-order valence-electron chi connectivity index (χ3n) is 4.15. The molecule has 3 N–H and O–H groups in total. The maximum Gasteiger partial charge on any atom is 0.357 e. The van der Waals surface area contributed by atoms with Crippen LogP contribution in [0.1, 0.15) is 21.6 Å². The van der Waals surface area contributed by atoms with Crippen molar-refractivity contribution in [3.8, 4) is 11.8 Å². The summed E-state index contributed by atoms with van der Waals surface area (Å²) in [4.78, 5) is 23.8. The van der Waals surface area contributed by atoms with Gasteiger partial charge in [0.05, 0.1) is 25.5 Å². The average Bonchev–Trinajstić information content (AvgIpc) is 3.20. The van der Waals surface area contributed by atoms with Gasteiger partial charge in [0.25, 0.3) is 0 Å². The fraction of sp³-hybridized carbons (Fsp3) is 0.235. The summed E-state index contributed by atoms with van der Waals surface area (Å²) >= 11 is 0. The Morgan fingerprint density at radius 3 is 2.76 bits per heavy atom. The standard InChI is InChI=1S/C17H16N4O4/c1-24-16(22)13-5-9-3-4-11(6-12(9)20-13)21-8-10(7-18)14(19)15(21)17(23)25-2/h3-4,6,8,13,20H,5,19H2,1-2H3. The van der Waals surface area contributed by atoms with Gasteiger partial charge < -0.3 is 25.1 Å². The van der Waals surface area contributed by atoms with E-state index in [1.54, 1.807) is 12.1 Å². The normalized spacial score (nSPS) is 15.0. The molecule has 0 saturated carbocycles. The Morgan fingerprint density at radius 2 is 2.12 bits per heavy atom. The molecular formula is C17H16N4O4. The number of methoxy groups -OCH3 is 2. The fourth-order valence-electron chi connectivity index (χ4n) is 2.89. The number of nitrogen functional groups attached to an aromatic ring is 1. The number of nitrogens with zero attached hydrogens (tertiary/aromatic N) is 2. The van der Waals surface area contributed by atoms with E-state index in [4.69, 9.17) is 15.2 Å². The van der Waals surface area contributed by atoms with Gasteiger partial charge in [-0.3, -0.25) is 0 Å². The summed E-state index contributed by atoms with van der Waals surface area (Å²) in [7, 11) is 2.59. The quantitative estimate of drug-likeness (QED) is 0.806. The molecule has 1 unspecified atom stereocenters. The molecule has 0 aliphatic carbocycles. The zero-order valence-electron chi connectivity index (χ0n) is 13.7. The Morgan fingerprint density at radius 1 is 1.36 bits per heavy atom. The van der Waals surface area contributed by atoms with E-state index in [1.165, 1.54) is 25.0 Å². The Balaban J connectivity index is 2.05. The molecule has 1 aliphatic heterocycles. The number of fused-ring (bicyclic) bond motifs is 1. The zero-order valence-corrected chi connectivity index (χ0v) is 13.7. The predicted octanol–water partition coefficient (Wildman–Crippen LogP) is 1.23. The molecular weight excluding hydrogens is 324 g/mol. The zero-order chi connectivity index (χ0) is 18.1. The van der Waals surface area contributed by atoms with Gasteiger partial charge in [-0.2, -0.15) is 5.26 Å². The lowest BCUT2D eigenvalue weighted by Crippen LogP contribution is -2.27. The highest BCUT2D eigenvalue weighted by atomic mass is 16.5. The Labute approximate surface area is 143 Å². The van der Waals surface area contributed by atoms with Gasteiger partial charge in [-0.05, 0) is 17.7 Å². The number of nitrogens with two attached hydrogens (primary N) is 1. The third-order valence-corrected chi connectivity index (χ3v) is 4.15. The SMILES string of the molecule is COC(=O)c1c(N)c(C#N)cn1-c1ccc2c(c1)NC(C(=O)OC)C2. The van der Waals surface area contributed by atoms with E-state index in [0.29, 0.717) is 12.1 Å². The molecule has 1 aromatic heterocycles. The second-order valence-corrected chi connectivity index (χ2v) is 5.54. The van der Waals surface area contributed by atoms with Gasteiger partial charge in [0, 0.05) is 24.0 Å². The second kappa shape index (κ2) is 6.20. The van der Waals surface area contributed by atoms with E-state index < -0.39 is 12.0 Å². The van der Waals surface area contributed by atoms with Crippen LogP contribution in [0.15, 0.2) is 24.4 Å². The molecule has 1 aromatic carbocycles. The molecule has 0 saturated heterocycles. The van der Waals surface area contributed by atoms with Crippen LogP contribution in [-0.2, 0) is 20.7 Å². The number of anilines is 2. The highest BCUT2D eigenvalue weighted by Crippen LogP contribution is 2.31. The van der Waals surface area contributed by atoms with Crippen LogP contribution in [0.3, 0.4) is 0 Å². The van der Waals surface area contributed by atoms with Gasteiger partial charge in [-0.1, -0.05) is 6.07 Å². The number of nitriles is 1. The summed E-state index contributed by atoms with van der Waals surface area (Å²) < 4.78 is 11.0. The second-order valence-electron chi connectivity index (χ2n) is 5.54. The summed E-state index contributed by atoms with van der Waals surface area (Å²) in [6.07, 6.45) is 2.00. The van der Waals surface area contributed by atoms with E-state index >= 15 is 0 Å². The number of ether oxygens (including phenoxy) is 2. The van der Waals surface area contributed by atoms with Crippen molar-refractivity contribution in [3.05, 3.63) is 41.2 Å². The van der Waals surface area contributed by atoms with Crippen LogP contribution in [0.4, 0.5) is 11.4 Å². The lowest BCUT2D eigenvalue weighted by molar-refractivity contribution is -0.141. The lowest BCUT2D eigenvalue weighted by atomic mass is 10.1. The monoisotopic (exact) mass is 340 g/mol. The van der Waals surface area contributed by atoms with Crippen LogP contribution in [0.25, 0.3) is 5.69 Å². The number of esters is 2. The molecule has 2 heterocycles. The van der Waals surface area contributed by atoms with E-state index in [1.807, 2.05) is 12.1 Å². The van der Waals surface area contributed by atoms with Gasteiger partial charge in [-0.25, -0.2) is 9.59 Å². The van der Waals surface area contributed by atoms with Crippen molar-refractivity contribution in [2.24, 2.45) is 0 Å². The summed E-state index contributed by atoms with van der Waals surface area (Å²) in [6, 6.07) is 6.93. The minimum Gasteiger partial charge on any atom is -0.467 e. The maximum atomic E-state index is 12.1. The molecule has 0 amide bonds. The summed E-state index contributed by atoms with van der Waals surface area (Å²) in [5.41, 5.74) is 8.56. The molecule has 0 bridgehead atoms. The molecule has 0 radical (unpaired) electrons. The fourth-order valence-corrected chi connectivity index (χ4v) is 2.89. The van der Waals surface area contributed by atoms with Gasteiger partial charge in [0.15, 0.2) is 5.69 Å². The number of carbonyl (C=O) groups excluding carboxylic acids is 2. The van der Waals surface area contributed by atoms with Crippen molar-refractivity contribution in [2.45, 2.75) is 12.5 Å². The van der Waals surface area contributed by atoms with Crippen molar-refractivity contribution in [3.63, 3.8) is 0 Å². The van der Waals surface area contributed by atoms with Crippen LogP contribution < -0.4 is 11.1 Å². The highest BCUT2D eigenvalue weighted by molar-refractivity contribution is 5.96. The van der Waals surface area contributed by atoms with Gasteiger partial charge in [0.1, 0.15) is 12.1 Å². The highest BCUT2D eigenvalue weighted by Gasteiger charge is 2.28. The van der Waals surface area contributed by atoms with E-state index in [2.05, 4.69) is 5.32 Å². The molecule has 2 aromatic rings. The molecule has 1 atom stereocenters. The first kappa shape index (κ1) is 16.4. The smallest absolute Gasteiger partial charge is 0.357 e. The first-order valence-corrected chi connectivity index (χ1v) is 7.47. The van der Waals surface area contributed by atoms with Crippen molar-refractivity contribution in [1.82, 2.24) is 4.57 Å². The first-order chi connectivity index (χ1) is 12.0. The van der Waals surface area contributed by atoms with Gasteiger partial charge >= 0.3 is 11.9 Å². The number of benzene rings is 1. The predicted molar refractivity (Wildman–Crippen MR) is 89.4 cm³/mol. The lowest BCUT2D eigenvalue weighted by Gasteiger charge is -2.11. The molecule has 25 heavy (non-hydrogen) atoms. The third kappa shape index (κ3) is 2.65. The largest absolute Gasteiger partial charge is 0.467 e. The van der Waals surface area contributed by atoms with Crippen LogP contribution in [0.5, 0.6) is 0 Å². The number of nitrogens with one attached hydrogen (secondary N) is 1. The maximum absolute atomic E-state index is 12.1. The number of hydrogen-bond donors (Lipinski definition) is 2. The number of hydrogen-bond acceptors (Lipinski definition) is 7. The average molecular weight is 340 g/mol. The van der Waals surface area contributed by atoms with Crippen LogP contribution in [0.2, 0.25) is 0 Å². The van der Waals surface area contributed by atoms with Crippen molar-refractivity contribution < 1.29 is 19.1 Å². The number of rotatable bonds is 3. The molecule has 0 fully saturated rings. The van der Waals surface area contributed by atoms with Gasteiger partial charge in [-0.15, -0.1) is 0 Å². The molecule has 0 spiro atoms. The summed E-state index contributed by atoms with van der Waals surface area (Å²) in [5.74, 6) is -0.982. The van der Waals surface area contributed by atoms with Crippen LogP contribution in [-0.4, -0.2) is 36.8 Å². The van der Waals surface area contributed by atoms with Crippen molar-refractivity contribution >= 4 is 23.3 Å². The van der Waals surface area contributed by atoms with Crippen LogP contribution in [0, 0.1) is 11.3 Å². The van der Waals surface area contributed by atoms with E-state index in [0.717, 1.165) is 11.3 Å². The van der Waals surface area contributed by atoms with Crippen LogP contribution >= 0.6 is 0 Å². The molecule has 8 heteroatoms. The van der Waals surface area contributed by atoms with Gasteiger partial charge in [0.2, 0.25) is 0 Å². The summed E-state index contributed by atoms with van der Waals surface area (Å²) in [6.45, 7) is 0. The first-order valence-electron chi connectivity index (χ1n) is 7.47. The molecule has 8 nitrogen and oxygen atoms in total. The van der Waals surface area contributed by atoms with Crippen molar-refractivity contribution in [1.29, 1.82) is 5.26 Å². The number of aromatic nitrogens is 1. The Kier molecular flexibility index (Phi) is 4.07. The topological polar surface area (TPSA) is 119 Å². The minimum atomic E-state index is -0.639. The number of carbonyl (C=O) groups is 2. The van der Waals surface area contributed by atoms with Crippen molar-refractivity contribution in [2.75, 3.05) is 25.3 Å². The Bertz CT molecular complexity index is 910.